The summed E-state index contributed by atoms with van der Waals surface area (Å²) in [6.45, 7) is 0.285. The van der Waals surface area contributed by atoms with Gasteiger partial charge in [-0.15, -0.1) is 0 Å². The zero-order chi connectivity index (χ0) is 20.9. The molecule has 0 aliphatic heterocycles. The first-order valence-electron chi connectivity index (χ1n) is 10.8. The second kappa shape index (κ2) is 6.93. The number of amides is 1. The molecule has 158 valence electrons. The highest BCUT2D eigenvalue weighted by Crippen LogP contribution is 2.62. The Morgan fingerprint density at radius 3 is 2.67 bits per heavy atom. The van der Waals surface area contributed by atoms with Gasteiger partial charge in [-0.05, 0) is 62.5 Å². The molecule has 1 aromatic carbocycles. The van der Waals surface area contributed by atoms with Crippen molar-refractivity contribution >= 4 is 22.8 Å². The SMILES string of the molecule is COC(=O)C12C[C@@H]3C[C@@H](CC(NC(=O)CCn4cnc5ccccc5c4=O)(C3)C1)C2. The Morgan fingerprint density at radius 2 is 1.93 bits per heavy atom. The molecule has 0 radical (unpaired) electrons. The van der Waals surface area contributed by atoms with Gasteiger partial charge in [0.25, 0.3) is 5.56 Å². The van der Waals surface area contributed by atoms with E-state index in [-0.39, 0.29) is 35.9 Å². The van der Waals surface area contributed by atoms with Crippen molar-refractivity contribution in [3.8, 4) is 0 Å². The van der Waals surface area contributed by atoms with Crippen molar-refractivity contribution < 1.29 is 14.3 Å². The molecule has 0 saturated heterocycles. The van der Waals surface area contributed by atoms with Gasteiger partial charge in [-0.3, -0.25) is 19.0 Å². The number of rotatable bonds is 5. The normalized spacial score (nSPS) is 31.6. The Bertz CT molecular complexity index is 1060. The van der Waals surface area contributed by atoms with E-state index in [1.54, 1.807) is 12.1 Å². The highest BCUT2D eigenvalue weighted by Gasteiger charge is 2.61. The first kappa shape index (κ1) is 19.3. The predicted molar refractivity (Wildman–Crippen MR) is 111 cm³/mol. The lowest BCUT2D eigenvalue weighted by atomic mass is 9.47. The molecule has 1 amide bonds. The van der Waals surface area contributed by atoms with Crippen LogP contribution in [0.3, 0.4) is 0 Å². The molecule has 2 aromatic rings. The van der Waals surface area contributed by atoms with Gasteiger partial charge in [0.1, 0.15) is 0 Å². The zero-order valence-electron chi connectivity index (χ0n) is 17.2. The third-order valence-electron chi connectivity index (χ3n) is 7.40. The molecule has 1 heterocycles. The molecule has 6 rings (SSSR count). The molecule has 4 bridgehead atoms. The van der Waals surface area contributed by atoms with E-state index in [2.05, 4.69) is 10.3 Å². The maximum absolute atomic E-state index is 12.9. The first-order chi connectivity index (χ1) is 14.4. The minimum atomic E-state index is -0.439. The number of carbonyl (C=O) groups excluding carboxylic acids is 2. The monoisotopic (exact) mass is 409 g/mol. The Labute approximate surface area is 174 Å². The average molecular weight is 409 g/mol. The van der Waals surface area contributed by atoms with Gasteiger partial charge in [0, 0.05) is 18.5 Å². The summed E-state index contributed by atoms with van der Waals surface area (Å²) in [6.07, 6.45) is 7.17. The summed E-state index contributed by atoms with van der Waals surface area (Å²) in [5.41, 5.74) is -0.231. The van der Waals surface area contributed by atoms with Crippen molar-refractivity contribution in [1.82, 2.24) is 14.9 Å². The number of nitrogens with one attached hydrogen (secondary N) is 1. The van der Waals surface area contributed by atoms with Crippen LogP contribution >= 0.6 is 0 Å². The summed E-state index contributed by atoms with van der Waals surface area (Å²) in [5.74, 6) is 0.747. The van der Waals surface area contributed by atoms with Gasteiger partial charge < -0.3 is 10.1 Å². The second-order valence-corrected chi connectivity index (χ2v) is 9.57. The molecule has 4 aliphatic carbocycles. The molecular weight excluding hydrogens is 382 g/mol. The van der Waals surface area contributed by atoms with E-state index in [9.17, 15) is 14.4 Å². The van der Waals surface area contributed by atoms with E-state index in [1.165, 1.54) is 18.0 Å². The fourth-order valence-electron chi connectivity index (χ4n) is 6.71. The van der Waals surface area contributed by atoms with Gasteiger partial charge in [0.2, 0.25) is 5.91 Å². The second-order valence-electron chi connectivity index (χ2n) is 9.57. The van der Waals surface area contributed by atoms with Crippen LogP contribution in [0.5, 0.6) is 0 Å². The molecule has 2 unspecified atom stereocenters. The highest BCUT2D eigenvalue weighted by atomic mass is 16.5. The number of hydrogen-bond acceptors (Lipinski definition) is 5. The van der Waals surface area contributed by atoms with Crippen molar-refractivity contribution in [2.75, 3.05) is 7.11 Å². The minimum absolute atomic E-state index is 0.0722. The Morgan fingerprint density at radius 1 is 1.20 bits per heavy atom. The average Bonchev–Trinajstić information content (AvgIpc) is 2.71. The molecule has 4 aliphatic rings. The molecule has 4 atom stereocenters. The highest BCUT2D eigenvalue weighted by molar-refractivity contribution is 5.80. The fraction of sp³-hybridized carbons (Fsp3) is 0.565. The number of aromatic nitrogens is 2. The van der Waals surface area contributed by atoms with Crippen LogP contribution in [0.4, 0.5) is 0 Å². The summed E-state index contributed by atoms with van der Waals surface area (Å²) in [4.78, 5) is 42.4. The molecular formula is C23H27N3O4. The number of aryl methyl sites for hydroxylation is 1. The van der Waals surface area contributed by atoms with Crippen LogP contribution in [0.1, 0.15) is 44.9 Å². The fourth-order valence-corrected chi connectivity index (χ4v) is 6.71. The van der Waals surface area contributed by atoms with E-state index in [1.807, 2.05) is 12.1 Å². The van der Waals surface area contributed by atoms with Crippen molar-refractivity contribution in [2.45, 2.75) is 57.0 Å². The number of esters is 1. The van der Waals surface area contributed by atoms with Crippen LogP contribution in [0.15, 0.2) is 35.4 Å². The molecule has 4 fully saturated rings. The predicted octanol–water partition coefficient (Wildman–Crippen LogP) is 2.41. The van der Waals surface area contributed by atoms with Crippen LogP contribution in [0.25, 0.3) is 10.9 Å². The van der Waals surface area contributed by atoms with E-state index < -0.39 is 5.41 Å². The van der Waals surface area contributed by atoms with Gasteiger partial charge in [-0.25, -0.2) is 4.98 Å². The Balaban J connectivity index is 1.30. The number of para-hydroxylation sites is 1. The van der Waals surface area contributed by atoms with Crippen molar-refractivity contribution in [3.05, 3.63) is 40.9 Å². The third-order valence-corrected chi connectivity index (χ3v) is 7.40. The smallest absolute Gasteiger partial charge is 0.311 e. The van der Waals surface area contributed by atoms with Gasteiger partial charge in [-0.2, -0.15) is 0 Å². The summed E-state index contributed by atoms with van der Waals surface area (Å²) >= 11 is 0. The van der Waals surface area contributed by atoms with E-state index >= 15 is 0 Å². The Kier molecular flexibility index (Phi) is 4.45. The maximum atomic E-state index is 12.9. The van der Waals surface area contributed by atoms with Gasteiger partial charge in [-0.1, -0.05) is 12.1 Å². The molecule has 7 heteroatoms. The largest absolute Gasteiger partial charge is 0.469 e. The van der Waals surface area contributed by atoms with E-state index in [0.717, 1.165) is 32.1 Å². The van der Waals surface area contributed by atoms with Crippen LogP contribution in [-0.4, -0.2) is 34.1 Å². The lowest BCUT2D eigenvalue weighted by Gasteiger charge is -2.60. The van der Waals surface area contributed by atoms with Crippen molar-refractivity contribution in [3.63, 3.8) is 0 Å². The number of carbonyl (C=O) groups is 2. The number of fused-ring (bicyclic) bond motifs is 1. The number of ether oxygens (including phenoxy) is 1. The van der Waals surface area contributed by atoms with E-state index in [4.69, 9.17) is 4.74 Å². The quantitative estimate of drug-likeness (QED) is 0.766. The number of nitrogens with zero attached hydrogens (tertiary/aromatic N) is 2. The number of methoxy groups -OCH3 is 1. The topological polar surface area (TPSA) is 90.3 Å². The third kappa shape index (κ3) is 3.11. The van der Waals surface area contributed by atoms with Crippen LogP contribution < -0.4 is 10.9 Å². The van der Waals surface area contributed by atoms with Crippen LogP contribution in [0.2, 0.25) is 0 Å². The van der Waals surface area contributed by atoms with Gasteiger partial charge >= 0.3 is 5.97 Å². The molecule has 1 N–H and O–H groups in total. The summed E-state index contributed by atoms with van der Waals surface area (Å²) < 4.78 is 6.64. The van der Waals surface area contributed by atoms with Crippen molar-refractivity contribution in [2.24, 2.45) is 17.3 Å². The number of hydrogen-bond donors (Lipinski definition) is 1. The van der Waals surface area contributed by atoms with Crippen LogP contribution in [0, 0.1) is 17.3 Å². The lowest BCUT2D eigenvalue weighted by Crippen LogP contribution is -2.65. The van der Waals surface area contributed by atoms with Crippen LogP contribution in [-0.2, 0) is 20.9 Å². The maximum Gasteiger partial charge on any atom is 0.311 e. The molecule has 30 heavy (non-hydrogen) atoms. The first-order valence-corrected chi connectivity index (χ1v) is 10.8. The minimum Gasteiger partial charge on any atom is -0.469 e. The zero-order valence-corrected chi connectivity index (χ0v) is 17.2. The van der Waals surface area contributed by atoms with Gasteiger partial charge in [0.15, 0.2) is 0 Å². The standard InChI is InChI=1S/C23H27N3O4/c1-30-21(29)22-9-15-8-16(10-22)12-23(11-15,13-22)25-19(27)6-7-26-14-24-18-5-3-2-4-17(18)20(26)28/h2-5,14-16H,6-13H2,1H3,(H,25,27)/t15-,16+,22?,23?. The Hall–Kier alpha value is -2.70. The summed E-state index contributed by atoms with van der Waals surface area (Å²) in [6, 6.07) is 7.21. The van der Waals surface area contributed by atoms with Crippen molar-refractivity contribution in [1.29, 1.82) is 0 Å². The number of benzene rings is 1. The molecule has 1 aromatic heterocycles. The molecule has 0 spiro atoms. The summed E-state index contributed by atoms with van der Waals surface area (Å²) in [5, 5.41) is 3.83. The van der Waals surface area contributed by atoms with Gasteiger partial charge in [0.05, 0.1) is 29.8 Å². The summed E-state index contributed by atoms with van der Waals surface area (Å²) in [7, 11) is 1.46. The lowest BCUT2D eigenvalue weighted by molar-refractivity contribution is -0.173. The molecule has 4 saturated carbocycles. The van der Waals surface area contributed by atoms with E-state index in [0.29, 0.717) is 29.2 Å². The molecule has 7 nitrogen and oxygen atoms in total.